The van der Waals surface area contributed by atoms with Crippen LogP contribution in [-0.4, -0.2) is 27.4 Å². The minimum Gasteiger partial charge on any atom is -0.465 e. The highest BCUT2D eigenvalue weighted by Gasteiger charge is 2.26. The molecule has 9 heteroatoms. The number of benzene rings is 2. The van der Waals surface area contributed by atoms with E-state index >= 15 is 0 Å². The third kappa shape index (κ3) is 5.31. The summed E-state index contributed by atoms with van der Waals surface area (Å²) in [5.41, 5.74) is 2.42. The Kier molecular flexibility index (Phi) is 6.77. The van der Waals surface area contributed by atoms with Gasteiger partial charge in [0.1, 0.15) is 5.00 Å². The maximum Gasteiger partial charge on any atom is 0.341 e. The van der Waals surface area contributed by atoms with Gasteiger partial charge < -0.3 is 10.1 Å². The molecule has 0 aliphatic rings. The molecule has 31 heavy (non-hydrogen) atoms. The molecule has 0 unspecified atom stereocenters. The summed E-state index contributed by atoms with van der Waals surface area (Å²) in [5, 5.41) is 2.79. The fraction of sp³-hybridized carbons (Fsp3) is 0.182. The van der Waals surface area contributed by atoms with Crippen molar-refractivity contribution in [3.63, 3.8) is 0 Å². The van der Waals surface area contributed by atoms with E-state index in [1.807, 2.05) is 30.3 Å². The molecule has 0 radical (unpaired) electrons. The molecule has 1 amide bonds. The molecule has 7 nitrogen and oxygen atoms in total. The highest BCUT2D eigenvalue weighted by molar-refractivity contribution is 7.93. The number of amides is 1. The second-order valence-electron chi connectivity index (χ2n) is 6.82. The van der Waals surface area contributed by atoms with Gasteiger partial charge in [-0.05, 0) is 42.3 Å². The number of rotatable bonds is 7. The predicted molar refractivity (Wildman–Crippen MR) is 121 cm³/mol. The quantitative estimate of drug-likeness (QED) is 0.517. The molecule has 2 N–H and O–H groups in total. The lowest BCUT2D eigenvalue weighted by Gasteiger charge is -2.09. The van der Waals surface area contributed by atoms with Crippen molar-refractivity contribution < 1.29 is 22.7 Å². The molecular weight excluding hydrogens is 436 g/mol. The van der Waals surface area contributed by atoms with Gasteiger partial charge in [-0.1, -0.05) is 30.3 Å². The van der Waals surface area contributed by atoms with Crippen molar-refractivity contribution in [1.82, 2.24) is 0 Å². The number of esters is 1. The van der Waals surface area contributed by atoms with E-state index in [9.17, 15) is 18.0 Å². The fourth-order valence-corrected chi connectivity index (χ4v) is 5.56. The maximum atomic E-state index is 12.9. The lowest BCUT2D eigenvalue weighted by Crippen LogP contribution is -2.15. The molecule has 0 atom stereocenters. The number of carbonyl (C=O) groups is 2. The number of thiophene rings is 1. The minimum absolute atomic E-state index is 0.00748. The number of methoxy groups -OCH3 is 1. The van der Waals surface area contributed by atoms with Crippen molar-refractivity contribution in [3.8, 4) is 0 Å². The molecule has 0 bridgehead atoms. The summed E-state index contributed by atoms with van der Waals surface area (Å²) in [6.07, 6.45) is 0.564. The molecule has 162 valence electrons. The molecule has 0 spiro atoms. The van der Waals surface area contributed by atoms with Gasteiger partial charge in [-0.15, -0.1) is 11.3 Å². The first-order valence-electron chi connectivity index (χ1n) is 9.36. The van der Waals surface area contributed by atoms with Gasteiger partial charge >= 0.3 is 5.97 Å². The van der Waals surface area contributed by atoms with Gasteiger partial charge in [-0.25, -0.2) is 13.2 Å². The number of ether oxygens (including phenoxy) is 1. The zero-order chi connectivity index (χ0) is 22.6. The molecule has 0 saturated heterocycles. The van der Waals surface area contributed by atoms with E-state index in [1.54, 1.807) is 6.92 Å². The summed E-state index contributed by atoms with van der Waals surface area (Å²) in [4.78, 5) is 24.4. The maximum absolute atomic E-state index is 12.9. The number of anilines is 2. The Hall–Kier alpha value is -3.17. The lowest BCUT2D eigenvalue weighted by molar-refractivity contribution is -0.114. The summed E-state index contributed by atoms with van der Waals surface area (Å²) in [7, 11) is -2.70. The first kappa shape index (κ1) is 22.5. The Morgan fingerprint density at radius 1 is 1.03 bits per heavy atom. The number of nitrogens with one attached hydrogen (secondary N) is 2. The normalized spacial score (nSPS) is 11.1. The standard InChI is InChI=1S/C22H22N2O5S2/c1-14-19(13-16-7-5-4-6-8-16)30-21(20(14)22(26)29-3)24-31(27,28)18-11-9-17(10-12-18)23-15(2)25/h4-12,24H,13H2,1-3H3,(H,23,25). The average Bonchev–Trinajstić information content (AvgIpc) is 3.02. The SMILES string of the molecule is COC(=O)c1c(NS(=O)(=O)c2ccc(NC(C)=O)cc2)sc(Cc2ccccc2)c1C. The monoisotopic (exact) mass is 458 g/mol. The highest BCUT2D eigenvalue weighted by Crippen LogP contribution is 2.36. The van der Waals surface area contributed by atoms with E-state index in [4.69, 9.17) is 4.74 Å². The molecule has 2 aromatic carbocycles. The molecular formula is C22H22N2O5S2. The summed E-state index contributed by atoms with van der Waals surface area (Å²) >= 11 is 1.21. The first-order valence-corrected chi connectivity index (χ1v) is 11.7. The lowest BCUT2D eigenvalue weighted by atomic mass is 10.1. The van der Waals surface area contributed by atoms with E-state index in [2.05, 4.69) is 10.0 Å². The predicted octanol–water partition coefficient (Wildman–Crippen LogP) is 4.19. The third-order valence-corrected chi connectivity index (χ3v) is 7.26. The van der Waals surface area contributed by atoms with Crippen LogP contribution in [0.1, 0.15) is 33.3 Å². The Balaban J connectivity index is 1.94. The van der Waals surface area contributed by atoms with E-state index in [0.717, 1.165) is 10.4 Å². The molecule has 0 aliphatic heterocycles. The van der Waals surface area contributed by atoms with Gasteiger partial charge in [0.05, 0.1) is 17.6 Å². The number of sulfonamides is 1. The fourth-order valence-electron chi connectivity index (χ4n) is 3.03. The molecule has 1 heterocycles. The van der Waals surface area contributed by atoms with Gasteiger partial charge in [-0.3, -0.25) is 9.52 Å². The second-order valence-corrected chi connectivity index (χ2v) is 9.61. The molecule has 1 aromatic heterocycles. The smallest absolute Gasteiger partial charge is 0.341 e. The van der Waals surface area contributed by atoms with Crippen molar-refractivity contribution in [3.05, 3.63) is 76.2 Å². The van der Waals surface area contributed by atoms with E-state index in [1.165, 1.54) is 49.6 Å². The largest absolute Gasteiger partial charge is 0.465 e. The van der Waals surface area contributed by atoms with Crippen molar-refractivity contribution in [1.29, 1.82) is 0 Å². The van der Waals surface area contributed by atoms with Gasteiger partial charge in [0.2, 0.25) is 5.91 Å². The zero-order valence-corrected chi connectivity index (χ0v) is 18.9. The molecule has 3 rings (SSSR count). The highest BCUT2D eigenvalue weighted by atomic mass is 32.2. The van der Waals surface area contributed by atoms with Crippen molar-refractivity contribution in [2.45, 2.75) is 25.2 Å². The van der Waals surface area contributed by atoms with Crippen molar-refractivity contribution in [2.24, 2.45) is 0 Å². The molecule has 0 saturated carbocycles. The van der Waals surface area contributed by atoms with Crippen molar-refractivity contribution in [2.75, 3.05) is 17.1 Å². The van der Waals surface area contributed by atoms with Crippen LogP contribution in [0, 0.1) is 6.92 Å². The zero-order valence-electron chi connectivity index (χ0n) is 17.3. The molecule has 0 fully saturated rings. The van der Waals surface area contributed by atoms with E-state index < -0.39 is 16.0 Å². The first-order chi connectivity index (χ1) is 14.7. The van der Waals surface area contributed by atoms with Crippen LogP contribution in [0.3, 0.4) is 0 Å². The van der Waals surface area contributed by atoms with Crippen LogP contribution in [0.4, 0.5) is 10.7 Å². The Morgan fingerprint density at radius 2 is 1.68 bits per heavy atom. The van der Waals surface area contributed by atoms with E-state index in [-0.39, 0.29) is 21.4 Å². The van der Waals surface area contributed by atoms with Crippen LogP contribution in [0.15, 0.2) is 59.5 Å². The summed E-state index contributed by atoms with van der Waals surface area (Å²) in [6, 6.07) is 15.5. The van der Waals surface area contributed by atoms with Crippen LogP contribution >= 0.6 is 11.3 Å². The second kappa shape index (κ2) is 9.32. The summed E-state index contributed by atoms with van der Waals surface area (Å²) in [5.74, 6) is -0.858. The Morgan fingerprint density at radius 3 is 2.26 bits per heavy atom. The van der Waals surface area contributed by atoms with Gasteiger partial charge in [-0.2, -0.15) is 0 Å². The van der Waals surface area contributed by atoms with Crippen LogP contribution in [0.25, 0.3) is 0 Å². The van der Waals surface area contributed by atoms with Crippen molar-refractivity contribution >= 4 is 43.9 Å². The summed E-state index contributed by atoms with van der Waals surface area (Å²) in [6.45, 7) is 3.15. The van der Waals surface area contributed by atoms with Crippen LogP contribution < -0.4 is 10.0 Å². The van der Waals surface area contributed by atoms with E-state index in [0.29, 0.717) is 17.7 Å². The summed E-state index contributed by atoms with van der Waals surface area (Å²) < 4.78 is 33.3. The Labute approximate surface area is 185 Å². The van der Waals surface area contributed by atoms with Gasteiger partial charge in [0, 0.05) is 23.9 Å². The average molecular weight is 459 g/mol. The van der Waals surface area contributed by atoms with Gasteiger partial charge in [0.15, 0.2) is 0 Å². The minimum atomic E-state index is -3.96. The number of hydrogen-bond donors (Lipinski definition) is 2. The molecule has 3 aromatic rings. The molecule has 0 aliphatic carbocycles. The number of hydrogen-bond acceptors (Lipinski definition) is 6. The van der Waals surface area contributed by atoms with Crippen LogP contribution in [0.5, 0.6) is 0 Å². The topological polar surface area (TPSA) is 102 Å². The third-order valence-electron chi connectivity index (χ3n) is 4.55. The number of carbonyl (C=O) groups excluding carboxylic acids is 2. The Bertz CT molecular complexity index is 1200. The van der Waals surface area contributed by atoms with Crippen LogP contribution in [-0.2, 0) is 26.0 Å². The van der Waals surface area contributed by atoms with Gasteiger partial charge in [0.25, 0.3) is 10.0 Å². The van der Waals surface area contributed by atoms with Crippen LogP contribution in [0.2, 0.25) is 0 Å².